The molecule has 1 aliphatic heterocycles. The second kappa shape index (κ2) is 4.19. The van der Waals surface area contributed by atoms with E-state index < -0.39 is 0 Å². The normalized spacial score (nSPS) is 28.5. The molecule has 3 atom stereocenters. The second-order valence-corrected chi connectivity index (χ2v) is 4.18. The Balaban J connectivity index is 2.32. The van der Waals surface area contributed by atoms with E-state index in [2.05, 4.69) is 40.5 Å². The lowest BCUT2D eigenvalue weighted by Gasteiger charge is -2.36. The monoisotopic (exact) mass is 222 g/mol. The van der Waals surface area contributed by atoms with Crippen molar-refractivity contribution in [2.45, 2.75) is 31.7 Å². The smallest absolute Gasteiger partial charge is 0.222 e. The number of hydrogen-bond acceptors (Lipinski definition) is 3. The molecule has 2 rings (SSSR count). The third-order valence-corrected chi connectivity index (χ3v) is 3.06. The summed E-state index contributed by atoms with van der Waals surface area (Å²) >= 11 is 0. The molecule has 0 aromatic carbocycles. The molecule has 0 spiro atoms. The Morgan fingerprint density at radius 1 is 1.75 bits per heavy atom. The Labute approximate surface area is 95.5 Å². The minimum atomic E-state index is 0.0824. The highest BCUT2D eigenvalue weighted by atomic mass is 15.3. The van der Waals surface area contributed by atoms with Crippen molar-refractivity contribution in [1.29, 1.82) is 0 Å². The lowest BCUT2D eigenvalue weighted by molar-refractivity contribution is -0.465. The fourth-order valence-corrected chi connectivity index (χ4v) is 2.31. The minimum Gasteiger partial charge on any atom is -0.386 e. The highest BCUT2D eigenvalue weighted by Crippen LogP contribution is 2.26. The van der Waals surface area contributed by atoms with Crippen molar-refractivity contribution in [2.75, 3.05) is 0 Å². The zero-order chi connectivity index (χ0) is 11.7. The summed E-state index contributed by atoms with van der Waals surface area (Å²) in [4.78, 5) is 0. The first-order valence-corrected chi connectivity index (χ1v) is 5.60. The van der Waals surface area contributed by atoms with Crippen LogP contribution in [0.1, 0.15) is 31.4 Å². The summed E-state index contributed by atoms with van der Waals surface area (Å²) in [5.41, 5.74) is 10.9. The first-order valence-electron chi connectivity index (χ1n) is 5.60. The number of aromatic nitrogens is 1. The summed E-state index contributed by atoms with van der Waals surface area (Å²) < 4.78 is 2.12. The molecule has 5 heteroatoms. The minimum absolute atomic E-state index is 0.0824. The van der Waals surface area contributed by atoms with Gasteiger partial charge in [0.05, 0.1) is 11.9 Å². The summed E-state index contributed by atoms with van der Waals surface area (Å²) in [6.07, 6.45) is 3.13. The largest absolute Gasteiger partial charge is 0.386 e. The number of nitrogens with zero attached hydrogens (tertiary/aromatic N) is 1. The highest BCUT2D eigenvalue weighted by Gasteiger charge is 2.32. The van der Waals surface area contributed by atoms with E-state index in [1.165, 1.54) is 5.69 Å². The van der Waals surface area contributed by atoms with Gasteiger partial charge in [-0.15, -0.1) is 0 Å². The SMILES string of the molecule is C=C(N)N[C@@H]1c2cccn2C([NH3+])N[C@H]1CC. The van der Waals surface area contributed by atoms with Gasteiger partial charge in [0.2, 0.25) is 6.29 Å². The molecule has 1 aromatic rings. The summed E-state index contributed by atoms with van der Waals surface area (Å²) in [5, 5.41) is 6.67. The fraction of sp³-hybridized carbons (Fsp3) is 0.455. The van der Waals surface area contributed by atoms with Gasteiger partial charge in [-0.2, -0.15) is 0 Å². The van der Waals surface area contributed by atoms with Gasteiger partial charge in [-0.25, -0.2) is 5.32 Å². The lowest BCUT2D eigenvalue weighted by Crippen LogP contribution is -2.68. The van der Waals surface area contributed by atoms with E-state index in [1.807, 2.05) is 12.3 Å². The predicted octanol–water partition coefficient (Wildman–Crippen LogP) is -0.371. The summed E-state index contributed by atoms with van der Waals surface area (Å²) in [5.74, 6) is 0.500. The van der Waals surface area contributed by atoms with Gasteiger partial charge in [0.25, 0.3) is 0 Å². The van der Waals surface area contributed by atoms with Crippen LogP contribution < -0.4 is 22.1 Å². The van der Waals surface area contributed by atoms with Gasteiger partial charge in [-0.05, 0) is 18.6 Å². The molecule has 1 aromatic heterocycles. The molecule has 0 amide bonds. The summed E-state index contributed by atoms with van der Waals surface area (Å²) in [6, 6.07) is 4.62. The number of nitrogens with one attached hydrogen (secondary N) is 2. The van der Waals surface area contributed by atoms with Gasteiger partial charge in [0.1, 0.15) is 0 Å². The van der Waals surface area contributed by atoms with Crippen LogP contribution in [0.25, 0.3) is 0 Å². The number of rotatable bonds is 3. The molecule has 1 aliphatic rings. The topological polar surface area (TPSA) is 82.7 Å². The zero-order valence-corrected chi connectivity index (χ0v) is 9.61. The molecular weight excluding hydrogens is 202 g/mol. The van der Waals surface area contributed by atoms with Crippen LogP contribution in [-0.4, -0.2) is 10.6 Å². The van der Waals surface area contributed by atoms with Crippen LogP contribution in [0.4, 0.5) is 0 Å². The molecule has 1 unspecified atom stereocenters. The Hall–Kier alpha value is -1.46. The van der Waals surface area contributed by atoms with Crippen molar-refractivity contribution >= 4 is 0 Å². The van der Waals surface area contributed by atoms with Crippen LogP contribution in [-0.2, 0) is 0 Å². The van der Waals surface area contributed by atoms with Crippen molar-refractivity contribution in [3.05, 3.63) is 36.4 Å². The maximum absolute atomic E-state index is 5.64. The average Bonchev–Trinajstić information content (AvgIpc) is 2.70. The molecule has 0 saturated carbocycles. The molecule has 0 radical (unpaired) electrons. The van der Waals surface area contributed by atoms with E-state index in [4.69, 9.17) is 5.73 Å². The Morgan fingerprint density at radius 3 is 3.12 bits per heavy atom. The predicted molar refractivity (Wildman–Crippen MR) is 62.8 cm³/mol. The van der Waals surface area contributed by atoms with Gasteiger partial charge < -0.3 is 16.8 Å². The zero-order valence-electron chi connectivity index (χ0n) is 9.61. The summed E-state index contributed by atoms with van der Waals surface area (Å²) in [6.45, 7) is 5.86. The van der Waals surface area contributed by atoms with Gasteiger partial charge in [0, 0.05) is 17.9 Å². The molecule has 0 aliphatic carbocycles. The number of quaternary nitrogens is 1. The van der Waals surface area contributed by atoms with Gasteiger partial charge in [-0.3, -0.25) is 4.57 Å². The van der Waals surface area contributed by atoms with E-state index in [1.54, 1.807) is 0 Å². The van der Waals surface area contributed by atoms with E-state index in [9.17, 15) is 0 Å². The molecule has 88 valence electrons. The number of fused-ring (bicyclic) bond motifs is 1. The van der Waals surface area contributed by atoms with Gasteiger partial charge >= 0.3 is 0 Å². The van der Waals surface area contributed by atoms with Crippen LogP contribution in [0.15, 0.2) is 30.7 Å². The molecule has 0 saturated heterocycles. The average molecular weight is 222 g/mol. The molecular formula is C11H20N5+. The van der Waals surface area contributed by atoms with Crippen molar-refractivity contribution in [1.82, 2.24) is 15.2 Å². The molecule has 0 bridgehead atoms. The molecule has 7 N–H and O–H groups in total. The van der Waals surface area contributed by atoms with Crippen LogP contribution in [0.5, 0.6) is 0 Å². The maximum atomic E-state index is 5.64. The standard InChI is InChI=1S/C11H19N5/c1-3-8-10(14-7(2)12)9-5-4-6-16(9)11(13)15-8/h4-6,8,10-11,14-15H,2-3,12-13H2,1H3/p+1/t8-,10-,11?/m0/s1. The van der Waals surface area contributed by atoms with Crippen molar-refractivity contribution < 1.29 is 5.73 Å². The Bertz CT molecular complexity index is 383. The van der Waals surface area contributed by atoms with E-state index >= 15 is 0 Å². The molecule has 0 fully saturated rings. The maximum Gasteiger partial charge on any atom is 0.222 e. The van der Waals surface area contributed by atoms with Gasteiger partial charge in [0.15, 0.2) is 0 Å². The van der Waals surface area contributed by atoms with Crippen LogP contribution in [0, 0.1) is 0 Å². The molecule has 2 heterocycles. The van der Waals surface area contributed by atoms with Crippen LogP contribution >= 0.6 is 0 Å². The fourth-order valence-electron chi connectivity index (χ4n) is 2.31. The van der Waals surface area contributed by atoms with E-state index in [0.29, 0.717) is 11.9 Å². The number of hydrogen-bond donors (Lipinski definition) is 4. The summed E-state index contributed by atoms with van der Waals surface area (Å²) in [7, 11) is 0. The van der Waals surface area contributed by atoms with E-state index in [0.717, 1.165) is 6.42 Å². The highest BCUT2D eigenvalue weighted by molar-refractivity contribution is 5.19. The first kappa shape index (κ1) is 11.0. The van der Waals surface area contributed by atoms with E-state index in [-0.39, 0.29) is 12.3 Å². The second-order valence-electron chi connectivity index (χ2n) is 4.18. The van der Waals surface area contributed by atoms with Crippen LogP contribution in [0.2, 0.25) is 0 Å². The van der Waals surface area contributed by atoms with Gasteiger partial charge in [-0.1, -0.05) is 13.5 Å². The third-order valence-electron chi connectivity index (χ3n) is 3.06. The van der Waals surface area contributed by atoms with Crippen molar-refractivity contribution in [3.8, 4) is 0 Å². The molecule has 16 heavy (non-hydrogen) atoms. The molecule has 5 nitrogen and oxygen atoms in total. The quantitative estimate of drug-likeness (QED) is 0.563. The first-order chi connectivity index (χ1) is 7.63. The lowest BCUT2D eigenvalue weighted by atomic mass is 10.00. The Morgan fingerprint density at radius 2 is 2.50 bits per heavy atom. The van der Waals surface area contributed by atoms with Crippen LogP contribution in [0.3, 0.4) is 0 Å². The third kappa shape index (κ3) is 1.79. The number of nitrogens with two attached hydrogens (primary N) is 1. The van der Waals surface area contributed by atoms with Crippen molar-refractivity contribution in [2.24, 2.45) is 5.73 Å². The van der Waals surface area contributed by atoms with Crippen molar-refractivity contribution in [3.63, 3.8) is 0 Å². The Kier molecular flexibility index (Phi) is 2.89.